The Morgan fingerprint density at radius 2 is 1.30 bits per heavy atom. The van der Waals surface area contributed by atoms with Crippen molar-refractivity contribution in [1.82, 2.24) is 4.90 Å². The molecule has 0 saturated carbocycles. The third kappa shape index (κ3) is 11.1. The predicted molar refractivity (Wildman–Crippen MR) is 98.7 cm³/mol. The topological polar surface area (TPSA) is 32.7 Å². The van der Waals surface area contributed by atoms with Gasteiger partial charge in [0.2, 0.25) is 0 Å². The van der Waals surface area contributed by atoms with Crippen LogP contribution in [0.25, 0.3) is 0 Å². The van der Waals surface area contributed by atoms with E-state index < -0.39 is 5.79 Å². The molecule has 0 aromatic rings. The highest BCUT2D eigenvalue weighted by Crippen LogP contribution is 2.22. The normalized spacial score (nSPS) is 22.6. The number of rotatable bonds is 14. The maximum atomic E-state index is 10.4. The standard InChI is InChI=1S/C20H41NO2/c1-3-4-5-6-7-8-9-10-11-12-13-14-15-16-20(22)19-21(2)17-18-23-20/h22H,3-19H2,1-2H3. The van der Waals surface area contributed by atoms with Crippen LogP contribution in [-0.2, 0) is 4.74 Å². The predicted octanol–water partition coefficient (Wildman–Crippen LogP) is 5.12. The molecule has 1 aliphatic rings. The van der Waals surface area contributed by atoms with Crippen LogP contribution in [0.3, 0.4) is 0 Å². The van der Waals surface area contributed by atoms with Gasteiger partial charge >= 0.3 is 0 Å². The smallest absolute Gasteiger partial charge is 0.178 e. The number of aliphatic hydroxyl groups is 1. The highest BCUT2D eigenvalue weighted by Gasteiger charge is 2.32. The Morgan fingerprint density at radius 1 is 0.826 bits per heavy atom. The maximum Gasteiger partial charge on any atom is 0.178 e. The van der Waals surface area contributed by atoms with Gasteiger partial charge in [0, 0.05) is 13.0 Å². The Morgan fingerprint density at radius 3 is 1.78 bits per heavy atom. The summed E-state index contributed by atoms with van der Waals surface area (Å²) in [5.74, 6) is -0.884. The lowest BCUT2D eigenvalue weighted by Crippen LogP contribution is -2.50. The molecule has 1 aliphatic heterocycles. The summed E-state index contributed by atoms with van der Waals surface area (Å²) >= 11 is 0. The van der Waals surface area contributed by atoms with Crippen LogP contribution in [-0.4, -0.2) is 42.5 Å². The van der Waals surface area contributed by atoms with E-state index in [0.29, 0.717) is 13.2 Å². The minimum Gasteiger partial charge on any atom is -0.364 e. The fraction of sp³-hybridized carbons (Fsp3) is 1.00. The van der Waals surface area contributed by atoms with Crippen LogP contribution >= 0.6 is 0 Å². The molecule has 1 saturated heterocycles. The molecular weight excluding hydrogens is 286 g/mol. The van der Waals surface area contributed by atoms with E-state index in [0.717, 1.165) is 19.4 Å². The molecule has 138 valence electrons. The van der Waals surface area contributed by atoms with E-state index in [-0.39, 0.29) is 0 Å². The summed E-state index contributed by atoms with van der Waals surface area (Å²) in [6.45, 7) is 4.53. The van der Waals surface area contributed by atoms with Crippen molar-refractivity contribution in [2.75, 3.05) is 26.7 Å². The number of morpholine rings is 1. The monoisotopic (exact) mass is 327 g/mol. The number of hydrogen-bond donors (Lipinski definition) is 1. The van der Waals surface area contributed by atoms with Crippen molar-refractivity contribution in [3.63, 3.8) is 0 Å². The van der Waals surface area contributed by atoms with E-state index in [9.17, 15) is 5.11 Å². The van der Waals surface area contributed by atoms with Crippen LogP contribution in [0.5, 0.6) is 0 Å². The van der Waals surface area contributed by atoms with Gasteiger partial charge in [-0.15, -0.1) is 0 Å². The van der Waals surface area contributed by atoms with Gasteiger partial charge in [0.15, 0.2) is 5.79 Å². The van der Waals surface area contributed by atoms with Crippen LogP contribution in [0.15, 0.2) is 0 Å². The summed E-state index contributed by atoms with van der Waals surface area (Å²) < 4.78 is 5.56. The molecule has 1 N–H and O–H groups in total. The second-order valence-electron chi connectivity index (χ2n) is 7.53. The number of ether oxygens (including phenoxy) is 1. The van der Waals surface area contributed by atoms with Crippen molar-refractivity contribution in [2.24, 2.45) is 0 Å². The molecule has 3 nitrogen and oxygen atoms in total. The Labute approximate surface area is 144 Å². The summed E-state index contributed by atoms with van der Waals surface area (Å²) in [4.78, 5) is 2.16. The summed E-state index contributed by atoms with van der Waals surface area (Å²) in [6, 6.07) is 0. The summed E-state index contributed by atoms with van der Waals surface area (Å²) in [7, 11) is 2.05. The number of likely N-dealkylation sites (N-methyl/N-ethyl adjacent to an activating group) is 1. The number of β-amino-alcohol motifs (C(OH)–C–C–N with tert-alkyl or cyclic N) is 1. The zero-order valence-electron chi connectivity index (χ0n) is 15.8. The van der Waals surface area contributed by atoms with Gasteiger partial charge in [-0.3, -0.25) is 4.90 Å². The van der Waals surface area contributed by atoms with Crippen molar-refractivity contribution in [1.29, 1.82) is 0 Å². The molecular formula is C20H41NO2. The molecule has 1 rings (SSSR count). The van der Waals surface area contributed by atoms with Crippen molar-refractivity contribution < 1.29 is 9.84 Å². The van der Waals surface area contributed by atoms with Crippen LogP contribution in [0.1, 0.15) is 96.8 Å². The van der Waals surface area contributed by atoms with Gasteiger partial charge in [0.05, 0.1) is 13.2 Å². The lowest BCUT2D eigenvalue weighted by atomic mass is 10.0. The van der Waals surface area contributed by atoms with Crippen molar-refractivity contribution in [3.05, 3.63) is 0 Å². The fourth-order valence-corrected chi connectivity index (χ4v) is 3.51. The van der Waals surface area contributed by atoms with Gasteiger partial charge < -0.3 is 9.84 Å². The first kappa shape index (κ1) is 20.9. The van der Waals surface area contributed by atoms with Crippen LogP contribution in [0, 0.1) is 0 Å². The minimum atomic E-state index is -0.884. The second-order valence-corrected chi connectivity index (χ2v) is 7.53. The van der Waals surface area contributed by atoms with E-state index in [1.165, 1.54) is 77.0 Å². The third-order valence-electron chi connectivity index (χ3n) is 5.03. The van der Waals surface area contributed by atoms with E-state index >= 15 is 0 Å². The van der Waals surface area contributed by atoms with Crippen LogP contribution in [0.4, 0.5) is 0 Å². The summed E-state index contributed by atoms with van der Waals surface area (Å²) in [5.41, 5.74) is 0. The molecule has 3 heteroatoms. The molecule has 1 heterocycles. The Balaban J connectivity index is 1.81. The van der Waals surface area contributed by atoms with Crippen LogP contribution in [0.2, 0.25) is 0 Å². The van der Waals surface area contributed by atoms with E-state index in [1.54, 1.807) is 0 Å². The zero-order chi connectivity index (χ0) is 16.8. The van der Waals surface area contributed by atoms with Gasteiger partial charge in [-0.05, 0) is 13.5 Å². The summed E-state index contributed by atoms with van der Waals surface area (Å²) in [6.07, 6.45) is 18.5. The Hall–Kier alpha value is -0.120. The molecule has 0 spiro atoms. The highest BCUT2D eigenvalue weighted by molar-refractivity contribution is 4.76. The highest BCUT2D eigenvalue weighted by atomic mass is 16.6. The first-order valence-electron chi connectivity index (χ1n) is 10.2. The van der Waals surface area contributed by atoms with Crippen molar-refractivity contribution in [2.45, 2.75) is 103 Å². The van der Waals surface area contributed by atoms with Gasteiger partial charge in [0.1, 0.15) is 0 Å². The van der Waals surface area contributed by atoms with Crippen molar-refractivity contribution >= 4 is 0 Å². The van der Waals surface area contributed by atoms with Crippen LogP contribution < -0.4 is 0 Å². The third-order valence-corrected chi connectivity index (χ3v) is 5.03. The Kier molecular flexibility index (Phi) is 12.0. The molecule has 0 aromatic carbocycles. The van der Waals surface area contributed by atoms with Crippen molar-refractivity contribution in [3.8, 4) is 0 Å². The minimum absolute atomic E-state index is 0.658. The average Bonchev–Trinajstić information content (AvgIpc) is 2.51. The van der Waals surface area contributed by atoms with E-state index in [1.807, 2.05) is 0 Å². The quantitative estimate of drug-likeness (QED) is 0.450. The molecule has 1 fully saturated rings. The fourth-order valence-electron chi connectivity index (χ4n) is 3.51. The summed E-state index contributed by atoms with van der Waals surface area (Å²) in [5, 5.41) is 10.4. The lowest BCUT2D eigenvalue weighted by molar-refractivity contribution is -0.239. The largest absolute Gasteiger partial charge is 0.364 e. The molecule has 0 amide bonds. The van der Waals surface area contributed by atoms with Gasteiger partial charge in [-0.1, -0.05) is 84.0 Å². The first-order chi connectivity index (χ1) is 11.2. The van der Waals surface area contributed by atoms with E-state index in [2.05, 4.69) is 18.9 Å². The SMILES string of the molecule is CCCCCCCCCCCCCCCC1(O)CN(C)CCO1. The molecule has 23 heavy (non-hydrogen) atoms. The van der Waals surface area contributed by atoms with Gasteiger partial charge in [-0.25, -0.2) is 0 Å². The number of unbranched alkanes of at least 4 members (excludes halogenated alkanes) is 12. The average molecular weight is 328 g/mol. The number of nitrogens with zero attached hydrogens (tertiary/aromatic N) is 1. The van der Waals surface area contributed by atoms with Gasteiger partial charge in [0.25, 0.3) is 0 Å². The second kappa shape index (κ2) is 13.2. The molecule has 0 bridgehead atoms. The first-order valence-corrected chi connectivity index (χ1v) is 10.2. The maximum absolute atomic E-state index is 10.4. The van der Waals surface area contributed by atoms with E-state index in [4.69, 9.17) is 4.74 Å². The molecule has 1 unspecified atom stereocenters. The van der Waals surface area contributed by atoms with Gasteiger partial charge in [-0.2, -0.15) is 0 Å². The lowest BCUT2D eigenvalue weighted by Gasteiger charge is -2.37. The molecule has 1 atom stereocenters. The zero-order valence-corrected chi connectivity index (χ0v) is 15.8. The Bertz CT molecular complexity index is 272. The molecule has 0 aliphatic carbocycles. The molecule has 0 radical (unpaired) electrons. The molecule has 0 aromatic heterocycles. The number of hydrogen-bond acceptors (Lipinski definition) is 3.